The monoisotopic (exact) mass is 224 g/mol. The van der Waals surface area contributed by atoms with Crippen molar-refractivity contribution >= 4 is 11.8 Å². The summed E-state index contributed by atoms with van der Waals surface area (Å²) in [4.78, 5) is 4.49. The Morgan fingerprint density at radius 3 is 2.73 bits per heavy atom. The molecule has 0 aliphatic carbocycles. The number of nitrogens with zero attached hydrogens (tertiary/aromatic N) is 1. The van der Waals surface area contributed by atoms with Gasteiger partial charge in [0.2, 0.25) is 0 Å². The van der Waals surface area contributed by atoms with Crippen LogP contribution >= 0.6 is 11.8 Å². The van der Waals surface area contributed by atoms with Gasteiger partial charge in [0.05, 0.1) is 5.03 Å². The van der Waals surface area contributed by atoms with Gasteiger partial charge in [0.1, 0.15) is 0 Å². The quantitative estimate of drug-likeness (QED) is 0.779. The van der Waals surface area contributed by atoms with Crippen LogP contribution in [0.5, 0.6) is 0 Å². The van der Waals surface area contributed by atoms with Crippen molar-refractivity contribution in [2.75, 3.05) is 12.8 Å². The van der Waals surface area contributed by atoms with E-state index >= 15 is 0 Å². The van der Waals surface area contributed by atoms with Gasteiger partial charge < -0.3 is 5.32 Å². The highest BCUT2D eigenvalue weighted by molar-refractivity contribution is 7.99. The number of aromatic nitrogens is 1. The van der Waals surface area contributed by atoms with E-state index in [1.807, 2.05) is 25.0 Å². The van der Waals surface area contributed by atoms with Gasteiger partial charge in [-0.1, -0.05) is 19.9 Å². The Bertz CT molecular complexity index is 310. The van der Waals surface area contributed by atoms with Gasteiger partial charge in [-0.15, -0.1) is 11.8 Å². The lowest BCUT2D eigenvalue weighted by Crippen LogP contribution is -2.06. The summed E-state index contributed by atoms with van der Waals surface area (Å²) in [6, 6.07) is 2.21. The van der Waals surface area contributed by atoms with Crippen LogP contribution in [0.4, 0.5) is 0 Å². The Kier molecular flexibility index (Phi) is 5.12. The topological polar surface area (TPSA) is 24.9 Å². The third kappa shape index (κ3) is 4.22. The van der Waals surface area contributed by atoms with Crippen LogP contribution in [-0.4, -0.2) is 17.8 Å². The van der Waals surface area contributed by atoms with Crippen LogP contribution in [0, 0.1) is 12.8 Å². The van der Waals surface area contributed by atoms with E-state index in [-0.39, 0.29) is 0 Å². The minimum absolute atomic E-state index is 0.716. The fraction of sp³-hybridized carbons (Fsp3) is 0.583. The Balaban J connectivity index is 2.66. The Morgan fingerprint density at radius 2 is 2.20 bits per heavy atom. The zero-order chi connectivity index (χ0) is 11.3. The highest BCUT2D eigenvalue weighted by Crippen LogP contribution is 2.22. The van der Waals surface area contributed by atoms with E-state index in [9.17, 15) is 0 Å². The van der Waals surface area contributed by atoms with Crippen molar-refractivity contribution in [3.8, 4) is 0 Å². The van der Waals surface area contributed by atoms with E-state index in [1.54, 1.807) is 0 Å². The summed E-state index contributed by atoms with van der Waals surface area (Å²) in [5.41, 5.74) is 2.54. The van der Waals surface area contributed by atoms with Crippen LogP contribution in [-0.2, 0) is 6.54 Å². The second-order valence-corrected chi connectivity index (χ2v) is 5.21. The molecule has 2 nitrogen and oxygen atoms in total. The van der Waals surface area contributed by atoms with E-state index in [4.69, 9.17) is 0 Å². The van der Waals surface area contributed by atoms with Gasteiger partial charge in [0.15, 0.2) is 0 Å². The molecule has 0 bridgehead atoms. The zero-order valence-corrected chi connectivity index (χ0v) is 10.8. The molecular formula is C12H20N2S. The predicted octanol–water partition coefficient (Wildman–Crippen LogP) is 2.86. The van der Waals surface area contributed by atoms with Gasteiger partial charge in [-0.3, -0.25) is 0 Å². The third-order valence-corrected chi connectivity index (χ3v) is 3.56. The van der Waals surface area contributed by atoms with Crippen LogP contribution in [0.25, 0.3) is 0 Å². The predicted molar refractivity (Wildman–Crippen MR) is 67.3 cm³/mol. The average Bonchev–Trinajstić information content (AvgIpc) is 2.17. The van der Waals surface area contributed by atoms with Crippen LogP contribution < -0.4 is 5.32 Å². The summed E-state index contributed by atoms with van der Waals surface area (Å²) in [6.45, 7) is 7.49. The van der Waals surface area contributed by atoms with E-state index < -0.39 is 0 Å². The van der Waals surface area contributed by atoms with Crippen molar-refractivity contribution in [2.45, 2.75) is 32.3 Å². The molecule has 0 aromatic carbocycles. The number of nitrogens with one attached hydrogen (secondary N) is 1. The van der Waals surface area contributed by atoms with E-state index in [1.165, 1.54) is 16.2 Å². The van der Waals surface area contributed by atoms with Gasteiger partial charge in [-0.05, 0) is 31.0 Å². The van der Waals surface area contributed by atoms with Crippen LogP contribution in [0.15, 0.2) is 17.3 Å². The molecule has 0 unspecified atom stereocenters. The lowest BCUT2D eigenvalue weighted by Gasteiger charge is -2.08. The first-order valence-corrected chi connectivity index (χ1v) is 6.35. The maximum atomic E-state index is 4.49. The molecule has 0 aliphatic heterocycles. The molecule has 0 aliphatic rings. The Morgan fingerprint density at radius 1 is 1.47 bits per heavy atom. The number of rotatable bonds is 5. The molecular weight excluding hydrogens is 204 g/mol. The summed E-state index contributed by atoms with van der Waals surface area (Å²) < 4.78 is 0. The Labute approximate surface area is 96.9 Å². The van der Waals surface area contributed by atoms with E-state index in [0.717, 1.165) is 12.3 Å². The molecule has 0 spiro atoms. The lowest BCUT2D eigenvalue weighted by molar-refractivity contribution is 0.749. The molecule has 3 heteroatoms. The number of thioether (sulfide) groups is 1. The Hall–Kier alpha value is -0.540. The fourth-order valence-corrected chi connectivity index (χ4v) is 2.22. The summed E-state index contributed by atoms with van der Waals surface area (Å²) in [5.74, 6) is 1.85. The van der Waals surface area contributed by atoms with Crippen LogP contribution in [0.2, 0.25) is 0 Å². The zero-order valence-electron chi connectivity index (χ0n) is 10.0. The first-order valence-electron chi connectivity index (χ1n) is 5.36. The molecule has 0 fully saturated rings. The van der Waals surface area contributed by atoms with Crippen LogP contribution in [0.1, 0.15) is 25.0 Å². The van der Waals surface area contributed by atoms with Crippen molar-refractivity contribution < 1.29 is 0 Å². The van der Waals surface area contributed by atoms with Crippen molar-refractivity contribution in [2.24, 2.45) is 5.92 Å². The molecule has 1 rings (SSSR count). The maximum absolute atomic E-state index is 4.49. The molecule has 1 aromatic rings. The molecule has 1 N–H and O–H groups in total. The van der Waals surface area contributed by atoms with Crippen LogP contribution in [0.3, 0.4) is 0 Å². The lowest BCUT2D eigenvalue weighted by atomic mass is 10.2. The molecule has 0 amide bonds. The first-order chi connectivity index (χ1) is 7.13. The molecule has 0 radical (unpaired) electrons. The second-order valence-electron chi connectivity index (χ2n) is 4.20. The molecule has 0 atom stereocenters. The van der Waals surface area contributed by atoms with Crippen molar-refractivity contribution in [1.29, 1.82) is 0 Å². The summed E-state index contributed by atoms with van der Waals surface area (Å²) in [5, 5.41) is 4.30. The molecule has 1 aromatic heterocycles. The number of aryl methyl sites for hydroxylation is 1. The van der Waals surface area contributed by atoms with Gasteiger partial charge >= 0.3 is 0 Å². The summed E-state index contributed by atoms with van der Waals surface area (Å²) >= 11 is 1.85. The number of pyridine rings is 1. The minimum atomic E-state index is 0.716. The molecule has 0 saturated heterocycles. The fourth-order valence-electron chi connectivity index (χ4n) is 1.32. The summed E-state index contributed by atoms with van der Waals surface area (Å²) in [7, 11) is 1.96. The average molecular weight is 224 g/mol. The second kappa shape index (κ2) is 6.13. The molecule has 0 saturated carbocycles. The normalized spacial score (nSPS) is 11.0. The number of hydrogen-bond acceptors (Lipinski definition) is 3. The van der Waals surface area contributed by atoms with Gasteiger partial charge in [-0.2, -0.15) is 0 Å². The molecule has 84 valence electrons. The van der Waals surface area contributed by atoms with E-state index in [2.05, 4.69) is 37.1 Å². The SMILES string of the molecule is CNCc1cnc(SCC(C)C)c(C)c1. The van der Waals surface area contributed by atoms with Gasteiger partial charge in [0.25, 0.3) is 0 Å². The molecule has 1 heterocycles. The highest BCUT2D eigenvalue weighted by Gasteiger charge is 2.03. The standard InChI is InChI=1S/C12H20N2S/c1-9(2)8-15-12-10(3)5-11(6-13-4)7-14-12/h5,7,9,13H,6,8H2,1-4H3. The molecule has 15 heavy (non-hydrogen) atoms. The minimum Gasteiger partial charge on any atom is -0.316 e. The third-order valence-electron chi connectivity index (χ3n) is 2.02. The van der Waals surface area contributed by atoms with Gasteiger partial charge in [-0.25, -0.2) is 4.98 Å². The van der Waals surface area contributed by atoms with Gasteiger partial charge in [0, 0.05) is 18.5 Å². The largest absolute Gasteiger partial charge is 0.316 e. The van der Waals surface area contributed by atoms with E-state index in [0.29, 0.717) is 5.92 Å². The highest BCUT2D eigenvalue weighted by atomic mass is 32.2. The number of hydrogen-bond donors (Lipinski definition) is 1. The van der Waals surface area contributed by atoms with Crippen molar-refractivity contribution in [3.63, 3.8) is 0 Å². The maximum Gasteiger partial charge on any atom is 0.0989 e. The smallest absolute Gasteiger partial charge is 0.0989 e. The van der Waals surface area contributed by atoms with Crippen molar-refractivity contribution in [3.05, 3.63) is 23.4 Å². The summed E-state index contributed by atoms with van der Waals surface area (Å²) in [6.07, 6.45) is 1.96. The first kappa shape index (κ1) is 12.5. The van der Waals surface area contributed by atoms with Crippen molar-refractivity contribution in [1.82, 2.24) is 10.3 Å².